The fourth-order valence-electron chi connectivity index (χ4n) is 5.11. The normalized spacial score (nSPS) is 17.9. The van der Waals surface area contributed by atoms with Crippen molar-refractivity contribution in [1.82, 2.24) is 24.8 Å². The van der Waals surface area contributed by atoms with Gasteiger partial charge in [-0.2, -0.15) is 0 Å². The lowest BCUT2D eigenvalue weighted by molar-refractivity contribution is -0.155. The molecular formula is C26H34BN7O5S. The number of anilines is 2. The molecular weight excluding hydrogens is 533 g/mol. The first kappa shape index (κ1) is 28.2. The van der Waals surface area contributed by atoms with Crippen LogP contribution in [0.25, 0.3) is 21.3 Å². The molecule has 1 aromatic carbocycles. The minimum Gasteiger partial charge on any atom is -0.466 e. The SMILES string of the molecule is CCOC(=O)C1(C)CCN(c2ncc(-c3cc(B(O)O)c4sc(N5CN(C)CN(CC)C5=O)nc4c3)cn2)CC1. The van der Waals surface area contributed by atoms with E-state index < -0.39 is 12.5 Å². The minimum absolute atomic E-state index is 0.129. The summed E-state index contributed by atoms with van der Waals surface area (Å²) in [5.41, 5.74) is 1.74. The molecule has 2 fully saturated rings. The predicted octanol–water partition coefficient (Wildman–Crippen LogP) is 1.71. The first-order valence-corrected chi connectivity index (χ1v) is 14.3. The predicted molar refractivity (Wildman–Crippen MR) is 154 cm³/mol. The summed E-state index contributed by atoms with van der Waals surface area (Å²) < 4.78 is 5.86. The second-order valence-corrected chi connectivity index (χ2v) is 11.5. The van der Waals surface area contributed by atoms with Crippen LogP contribution in [-0.4, -0.2) is 101 Å². The highest BCUT2D eigenvalue weighted by Gasteiger charge is 2.39. The van der Waals surface area contributed by atoms with Crippen LogP contribution in [0.15, 0.2) is 24.5 Å². The summed E-state index contributed by atoms with van der Waals surface area (Å²) >= 11 is 1.26. The van der Waals surface area contributed by atoms with Crippen molar-refractivity contribution < 1.29 is 24.4 Å². The Hall–Kier alpha value is -3.33. The third-order valence-electron chi connectivity index (χ3n) is 7.58. The number of carbonyl (C=O) groups excluding carboxylic acids is 2. The lowest BCUT2D eigenvalue weighted by atomic mass is 9.79. The number of esters is 1. The Balaban J connectivity index is 1.39. The summed E-state index contributed by atoms with van der Waals surface area (Å²) in [4.78, 5) is 46.6. The fraction of sp³-hybridized carbons (Fsp3) is 0.500. The van der Waals surface area contributed by atoms with E-state index in [-0.39, 0.29) is 12.0 Å². The van der Waals surface area contributed by atoms with E-state index >= 15 is 0 Å². The maximum absolute atomic E-state index is 13.0. The molecule has 2 amide bonds. The molecule has 0 atom stereocenters. The van der Waals surface area contributed by atoms with E-state index in [4.69, 9.17) is 9.72 Å². The minimum atomic E-state index is -1.72. The second kappa shape index (κ2) is 11.3. The quantitative estimate of drug-likeness (QED) is 0.321. The van der Waals surface area contributed by atoms with E-state index in [1.807, 2.05) is 38.8 Å². The van der Waals surface area contributed by atoms with Crippen LogP contribution in [0.2, 0.25) is 0 Å². The molecule has 0 aliphatic carbocycles. The molecule has 4 heterocycles. The molecule has 212 valence electrons. The standard InChI is InChI=1S/C26H34BN7O5S/c1-5-32-15-31(4)16-34(25(32)36)24-30-20-12-17(11-19(27(37)38)21(20)40-24)18-13-28-23(29-14-18)33-9-7-26(3,8-10-33)22(35)39-6-2/h11-14,37-38H,5-10,15-16H2,1-4H3. The van der Waals surface area contributed by atoms with E-state index in [0.29, 0.717) is 90.3 Å². The number of amides is 2. The van der Waals surface area contributed by atoms with E-state index in [1.165, 1.54) is 11.3 Å². The third-order valence-corrected chi connectivity index (χ3v) is 8.73. The van der Waals surface area contributed by atoms with Crippen molar-refractivity contribution >= 4 is 57.2 Å². The number of hydrogen-bond acceptors (Lipinski definition) is 11. The zero-order chi connectivity index (χ0) is 28.6. The van der Waals surface area contributed by atoms with Crippen molar-refractivity contribution in [3.05, 3.63) is 24.5 Å². The van der Waals surface area contributed by atoms with Crippen molar-refractivity contribution in [3.63, 3.8) is 0 Å². The molecule has 0 spiro atoms. The van der Waals surface area contributed by atoms with E-state index in [2.05, 4.69) is 14.9 Å². The summed E-state index contributed by atoms with van der Waals surface area (Å²) in [6, 6.07) is 3.41. The van der Waals surface area contributed by atoms with Gasteiger partial charge in [-0.25, -0.2) is 19.7 Å². The Kier molecular flexibility index (Phi) is 7.95. The topological polar surface area (TPSA) is 135 Å². The maximum atomic E-state index is 13.0. The summed E-state index contributed by atoms with van der Waals surface area (Å²) in [5, 5.41) is 20.9. The number of fused-ring (bicyclic) bond motifs is 1. The molecule has 14 heteroatoms. The number of aromatic nitrogens is 3. The summed E-state index contributed by atoms with van der Waals surface area (Å²) in [6.45, 7) is 8.85. The average Bonchev–Trinajstić information content (AvgIpc) is 3.38. The summed E-state index contributed by atoms with van der Waals surface area (Å²) in [6.07, 6.45) is 4.71. The number of nitrogens with zero attached hydrogens (tertiary/aromatic N) is 7. The van der Waals surface area contributed by atoms with Gasteiger partial charge in [-0.3, -0.25) is 14.6 Å². The molecule has 0 unspecified atom stereocenters. The Morgan fingerprint density at radius 2 is 1.82 bits per heavy atom. The first-order chi connectivity index (χ1) is 19.1. The van der Waals surface area contributed by atoms with Gasteiger partial charge in [0.05, 0.1) is 35.6 Å². The zero-order valence-electron chi connectivity index (χ0n) is 23.2. The number of carbonyl (C=O) groups is 2. The van der Waals surface area contributed by atoms with Crippen LogP contribution < -0.4 is 15.3 Å². The molecule has 2 aliphatic heterocycles. The average molecular weight is 567 g/mol. The molecule has 3 aromatic rings. The van der Waals surface area contributed by atoms with Gasteiger partial charge >= 0.3 is 19.1 Å². The molecule has 0 radical (unpaired) electrons. The van der Waals surface area contributed by atoms with Gasteiger partial charge < -0.3 is 24.6 Å². The molecule has 12 nitrogen and oxygen atoms in total. The van der Waals surface area contributed by atoms with Gasteiger partial charge in [0, 0.05) is 43.1 Å². The molecule has 2 saturated heterocycles. The smallest absolute Gasteiger partial charge is 0.466 e. The van der Waals surface area contributed by atoms with Crippen LogP contribution in [0.1, 0.15) is 33.6 Å². The molecule has 0 saturated carbocycles. The Morgan fingerprint density at radius 3 is 2.45 bits per heavy atom. The second-order valence-electron chi connectivity index (χ2n) is 10.5. The van der Waals surface area contributed by atoms with Crippen LogP contribution >= 0.6 is 11.3 Å². The first-order valence-electron chi connectivity index (χ1n) is 13.4. The molecule has 40 heavy (non-hydrogen) atoms. The monoisotopic (exact) mass is 567 g/mol. The fourth-order valence-corrected chi connectivity index (χ4v) is 6.17. The van der Waals surface area contributed by atoms with E-state index in [0.717, 1.165) is 0 Å². The van der Waals surface area contributed by atoms with Gasteiger partial charge in [0.2, 0.25) is 5.95 Å². The highest BCUT2D eigenvalue weighted by Crippen LogP contribution is 2.35. The maximum Gasteiger partial charge on any atom is 0.489 e. The molecule has 2 N–H and O–H groups in total. The van der Waals surface area contributed by atoms with Crippen LogP contribution in [0.5, 0.6) is 0 Å². The van der Waals surface area contributed by atoms with Crippen molar-refractivity contribution in [2.75, 3.05) is 56.4 Å². The van der Waals surface area contributed by atoms with Crippen molar-refractivity contribution in [3.8, 4) is 11.1 Å². The zero-order valence-corrected chi connectivity index (χ0v) is 24.0. The number of rotatable bonds is 7. The largest absolute Gasteiger partial charge is 0.489 e. The van der Waals surface area contributed by atoms with Gasteiger partial charge in [-0.1, -0.05) is 17.4 Å². The highest BCUT2D eigenvalue weighted by atomic mass is 32.1. The van der Waals surface area contributed by atoms with Crippen LogP contribution in [0.3, 0.4) is 0 Å². The Morgan fingerprint density at radius 1 is 1.12 bits per heavy atom. The van der Waals surface area contributed by atoms with Crippen LogP contribution in [0, 0.1) is 5.41 Å². The molecule has 0 bridgehead atoms. The van der Waals surface area contributed by atoms with Crippen molar-refractivity contribution in [1.29, 1.82) is 0 Å². The highest BCUT2D eigenvalue weighted by molar-refractivity contribution is 7.23. The number of thiazole rings is 1. The number of benzene rings is 1. The van der Waals surface area contributed by atoms with Gasteiger partial charge in [-0.15, -0.1) is 0 Å². The molecule has 5 rings (SSSR count). The van der Waals surface area contributed by atoms with Gasteiger partial charge in [0.1, 0.15) is 0 Å². The van der Waals surface area contributed by atoms with Crippen LogP contribution in [0.4, 0.5) is 15.9 Å². The summed E-state index contributed by atoms with van der Waals surface area (Å²) in [7, 11) is 0.216. The van der Waals surface area contributed by atoms with E-state index in [1.54, 1.807) is 28.3 Å². The van der Waals surface area contributed by atoms with Crippen molar-refractivity contribution in [2.24, 2.45) is 5.41 Å². The molecule has 2 aliphatic rings. The lowest BCUT2D eigenvalue weighted by Gasteiger charge is -2.38. The summed E-state index contributed by atoms with van der Waals surface area (Å²) in [5.74, 6) is 0.412. The van der Waals surface area contributed by atoms with E-state index in [9.17, 15) is 19.6 Å². The van der Waals surface area contributed by atoms with Gasteiger partial charge in [0.15, 0.2) is 5.13 Å². The molecule has 2 aromatic heterocycles. The van der Waals surface area contributed by atoms with Crippen LogP contribution in [-0.2, 0) is 9.53 Å². The van der Waals surface area contributed by atoms with Gasteiger partial charge in [0.25, 0.3) is 0 Å². The number of hydrogen-bond donors (Lipinski definition) is 2. The Labute approximate surface area is 237 Å². The van der Waals surface area contributed by atoms with Gasteiger partial charge in [-0.05, 0) is 52.3 Å². The number of piperidine rings is 1. The van der Waals surface area contributed by atoms with Crippen molar-refractivity contribution in [2.45, 2.75) is 33.6 Å². The lowest BCUT2D eigenvalue weighted by Crippen LogP contribution is -2.56. The third kappa shape index (κ3) is 5.36. The Bertz CT molecular complexity index is 1390. The number of ether oxygens (including phenoxy) is 1. The number of urea groups is 1.